The zero-order valence-corrected chi connectivity index (χ0v) is 10.6. The van der Waals surface area contributed by atoms with Gasteiger partial charge in [0.1, 0.15) is 0 Å². The summed E-state index contributed by atoms with van der Waals surface area (Å²) < 4.78 is 26.0. The lowest BCUT2D eigenvalue weighted by atomic mass is 9.95. The number of hydrogen-bond donors (Lipinski definition) is 1. The van der Waals surface area contributed by atoms with Crippen molar-refractivity contribution in [2.24, 2.45) is 0 Å². The van der Waals surface area contributed by atoms with Crippen molar-refractivity contribution in [3.63, 3.8) is 0 Å². The highest BCUT2D eigenvalue weighted by molar-refractivity contribution is 6.33. The fraction of sp³-hybridized carbons (Fsp3) is 0.462. The molecule has 1 fully saturated rings. The van der Waals surface area contributed by atoms with Gasteiger partial charge in [0.05, 0.1) is 10.6 Å². The summed E-state index contributed by atoms with van der Waals surface area (Å²) in [5.74, 6) is -2.55. The van der Waals surface area contributed by atoms with Crippen LogP contribution >= 0.6 is 11.6 Å². The van der Waals surface area contributed by atoms with Gasteiger partial charge >= 0.3 is 0 Å². The van der Waals surface area contributed by atoms with Crippen LogP contribution in [-0.4, -0.2) is 11.9 Å². The van der Waals surface area contributed by atoms with E-state index in [2.05, 4.69) is 5.32 Å². The van der Waals surface area contributed by atoms with Crippen LogP contribution in [0.25, 0.3) is 0 Å². The van der Waals surface area contributed by atoms with Crippen molar-refractivity contribution in [3.8, 4) is 0 Å². The van der Waals surface area contributed by atoms with Gasteiger partial charge in [-0.2, -0.15) is 0 Å². The number of halogens is 3. The van der Waals surface area contributed by atoms with E-state index in [0.29, 0.717) is 0 Å². The van der Waals surface area contributed by atoms with E-state index in [-0.39, 0.29) is 16.6 Å². The summed E-state index contributed by atoms with van der Waals surface area (Å²) in [5, 5.41) is 2.74. The van der Waals surface area contributed by atoms with Crippen LogP contribution in [-0.2, 0) is 0 Å². The first-order chi connectivity index (χ1) is 8.58. The largest absolute Gasteiger partial charge is 0.349 e. The number of amides is 1. The summed E-state index contributed by atoms with van der Waals surface area (Å²) in [5.41, 5.74) is -0.0128. The van der Waals surface area contributed by atoms with E-state index in [4.69, 9.17) is 11.6 Å². The second-order valence-electron chi connectivity index (χ2n) is 4.55. The predicted octanol–water partition coefficient (Wildman–Crippen LogP) is 3.68. The lowest BCUT2D eigenvalue weighted by Gasteiger charge is -2.23. The Kier molecular flexibility index (Phi) is 4.17. The van der Waals surface area contributed by atoms with Crippen molar-refractivity contribution in [1.29, 1.82) is 0 Å². The van der Waals surface area contributed by atoms with Crippen LogP contribution in [0.2, 0.25) is 5.02 Å². The standard InChI is InChI=1S/C13H14ClF2NO/c14-10-7-12(16)11(15)6-9(10)13(18)17-8-4-2-1-3-5-8/h6-8H,1-5H2,(H,17,18). The maximum Gasteiger partial charge on any atom is 0.253 e. The molecule has 1 aliphatic rings. The molecule has 5 heteroatoms. The van der Waals surface area contributed by atoms with E-state index < -0.39 is 17.5 Å². The zero-order valence-electron chi connectivity index (χ0n) is 9.81. The van der Waals surface area contributed by atoms with Crippen molar-refractivity contribution >= 4 is 17.5 Å². The lowest BCUT2D eigenvalue weighted by molar-refractivity contribution is 0.0927. The summed E-state index contributed by atoms with van der Waals surface area (Å²) in [7, 11) is 0. The molecule has 0 atom stereocenters. The van der Waals surface area contributed by atoms with Gasteiger partial charge in [-0.1, -0.05) is 30.9 Å². The molecule has 2 nitrogen and oxygen atoms in total. The monoisotopic (exact) mass is 273 g/mol. The smallest absolute Gasteiger partial charge is 0.253 e. The zero-order chi connectivity index (χ0) is 13.1. The molecule has 0 spiro atoms. The first-order valence-electron chi connectivity index (χ1n) is 6.03. The molecule has 1 aromatic carbocycles. The number of carbonyl (C=O) groups is 1. The minimum atomic E-state index is -1.06. The normalized spacial score (nSPS) is 16.6. The van der Waals surface area contributed by atoms with Crippen molar-refractivity contribution in [2.75, 3.05) is 0 Å². The Balaban J connectivity index is 2.10. The molecule has 1 saturated carbocycles. The fourth-order valence-electron chi connectivity index (χ4n) is 2.21. The molecule has 1 aliphatic carbocycles. The molecular weight excluding hydrogens is 260 g/mol. The van der Waals surface area contributed by atoms with Crippen molar-refractivity contribution in [1.82, 2.24) is 5.32 Å². The molecule has 0 heterocycles. The van der Waals surface area contributed by atoms with E-state index in [1.807, 2.05) is 0 Å². The summed E-state index contributed by atoms with van der Waals surface area (Å²) in [6.45, 7) is 0. The molecule has 0 radical (unpaired) electrons. The summed E-state index contributed by atoms with van der Waals surface area (Å²) >= 11 is 5.75. The van der Waals surface area contributed by atoms with Gasteiger partial charge < -0.3 is 5.32 Å². The molecule has 0 unspecified atom stereocenters. The molecule has 1 N–H and O–H groups in total. The van der Waals surface area contributed by atoms with Crippen LogP contribution in [0, 0.1) is 11.6 Å². The second-order valence-corrected chi connectivity index (χ2v) is 4.96. The fourth-order valence-corrected chi connectivity index (χ4v) is 2.44. The molecule has 0 aromatic heterocycles. The minimum absolute atomic E-state index is 0.0128. The average molecular weight is 274 g/mol. The molecular formula is C13H14ClF2NO. The molecule has 18 heavy (non-hydrogen) atoms. The first kappa shape index (κ1) is 13.3. The SMILES string of the molecule is O=C(NC1CCCCC1)c1cc(F)c(F)cc1Cl. The van der Waals surface area contributed by atoms with Gasteiger partial charge in [0.2, 0.25) is 0 Å². The average Bonchev–Trinajstić information content (AvgIpc) is 2.35. The number of hydrogen-bond acceptors (Lipinski definition) is 1. The Labute approximate surface area is 109 Å². The van der Waals surface area contributed by atoms with Crippen LogP contribution < -0.4 is 5.32 Å². The van der Waals surface area contributed by atoms with Crippen molar-refractivity contribution in [2.45, 2.75) is 38.1 Å². The molecule has 2 rings (SSSR count). The maximum absolute atomic E-state index is 13.1. The van der Waals surface area contributed by atoms with E-state index >= 15 is 0 Å². The molecule has 98 valence electrons. The van der Waals surface area contributed by atoms with Gasteiger partial charge in [-0.15, -0.1) is 0 Å². The van der Waals surface area contributed by atoms with E-state index in [0.717, 1.165) is 37.8 Å². The minimum Gasteiger partial charge on any atom is -0.349 e. The third-order valence-corrected chi connectivity index (χ3v) is 3.51. The lowest BCUT2D eigenvalue weighted by Crippen LogP contribution is -2.36. The molecule has 0 bridgehead atoms. The number of nitrogens with one attached hydrogen (secondary N) is 1. The Bertz CT molecular complexity index is 459. The van der Waals surface area contributed by atoms with E-state index in [1.54, 1.807) is 0 Å². The third kappa shape index (κ3) is 2.99. The highest BCUT2D eigenvalue weighted by Crippen LogP contribution is 2.22. The number of benzene rings is 1. The van der Waals surface area contributed by atoms with Crippen LogP contribution in [0.4, 0.5) is 8.78 Å². The van der Waals surface area contributed by atoms with Crippen molar-refractivity contribution in [3.05, 3.63) is 34.4 Å². The maximum atomic E-state index is 13.1. The van der Waals surface area contributed by atoms with E-state index in [9.17, 15) is 13.6 Å². The Morgan fingerprint density at radius 3 is 2.44 bits per heavy atom. The summed E-state index contributed by atoms with van der Waals surface area (Å²) in [6.07, 6.45) is 5.19. The molecule has 1 amide bonds. The van der Waals surface area contributed by atoms with Gasteiger partial charge in [-0.3, -0.25) is 4.79 Å². The van der Waals surface area contributed by atoms with E-state index in [1.165, 1.54) is 6.42 Å². The molecule has 1 aromatic rings. The molecule has 0 saturated heterocycles. The summed E-state index contributed by atoms with van der Waals surface area (Å²) in [6, 6.07) is 1.78. The van der Waals surface area contributed by atoms with Gasteiger partial charge in [0, 0.05) is 6.04 Å². The predicted molar refractivity (Wildman–Crippen MR) is 65.7 cm³/mol. The topological polar surface area (TPSA) is 29.1 Å². The van der Waals surface area contributed by atoms with Crippen LogP contribution in [0.15, 0.2) is 12.1 Å². The van der Waals surface area contributed by atoms with Gasteiger partial charge in [0.15, 0.2) is 11.6 Å². The highest BCUT2D eigenvalue weighted by Gasteiger charge is 2.19. The van der Waals surface area contributed by atoms with Crippen LogP contribution in [0.5, 0.6) is 0 Å². The summed E-state index contributed by atoms with van der Waals surface area (Å²) in [4.78, 5) is 11.9. The highest BCUT2D eigenvalue weighted by atomic mass is 35.5. The Hall–Kier alpha value is -1.16. The van der Waals surface area contributed by atoms with Crippen LogP contribution in [0.1, 0.15) is 42.5 Å². The second kappa shape index (κ2) is 5.65. The van der Waals surface area contributed by atoms with Gasteiger partial charge in [-0.25, -0.2) is 8.78 Å². The van der Waals surface area contributed by atoms with Crippen molar-refractivity contribution < 1.29 is 13.6 Å². The van der Waals surface area contributed by atoms with Crippen LogP contribution in [0.3, 0.4) is 0 Å². The quantitative estimate of drug-likeness (QED) is 0.818. The Morgan fingerprint density at radius 2 is 1.78 bits per heavy atom. The first-order valence-corrected chi connectivity index (χ1v) is 6.41. The number of carbonyl (C=O) groups excluding carboxylic acids is 1. The Morgan fingerprint density at radius 1 is 1.17 bits per heavy atom. The third-order valence-electron chi connectivity index (χ3n) is 3.19. The number of rotatable bonds is 2. The molecule has 0 aliphatic heterocycles. The van der Waals surface area contributed by atoms with Gasteiger partial charge in [-0.05, 0) is 25.0 Å². The van der Waals surface area contributed by atoms with Gasteiger partial charge in [0.25, 0.3) is 5.91 Å².